The van der Waals surface area contributed by atoms with Gasteiger partial charge in [-0.3, -0.25) is 19.4 Å². The Bertz CT molecular complexity index is 2620. The second kappa shape index (κ2) is 17.4. The molecule has 0 atom stereocenters. The van der Waals surface area contributed by atoms with E-state index >= 15 is 0 Å². The van der Waals surface area contributed by atoms with E-state index < -0.39 is 36.1 Å². The monoisotopic (exact) mass is 803 g/mol. The Morgan fingerprint density at radius 3 is 2.03 bits per heavy atom. The van der Waals surface area contributed by atoms with E-state index in [-0.39, 0.29) is 49.3 Å². The number of aromatic amines is 1. The number of carboxylic acids is 1. The average Bonchev–Trinajstić information content (AvgIpc) is 3.83. The lowest BCUT2D eigenvalue weighted by atomic mass is 9.96. The minimum absolute atomic E-state index is 0.00101. The first-order valence-electron chi connectivity index (χ1n) is 19.4. The highest BCUT2D eigenvalue weighted by Crippen LogP contribution is 2.44. The van der Waals surface area contributed by atoms with Crippen molar-refractivity contribution in [1.82, 2.24) is 29.7 Å². The Hall–Kier alpha value is -7.74. The number of carboxylic acid groups (broad SMARTS) is 1. The van der Waals surface area contributed by atoms with Gasteiger partial charge in [-0.1, -0.05) is 109 Å². The molecule has 7 aromatic rings. The smallest absolute Gasteiger partial charge is 0.407 e. The van der Waals surface area contributed by atoms with Crippen molar-refractivity contribution < 1.29 is 29.0 Å². The van der Waals surface area contributed by atoms with E-state index in [1.807, 2.05) is 138 Å². The maximum atomic E-state index is 13.8. The molecule has 2 heterocycles. The molecule has 0 fully saturated rings. The first-order chi connectivity index (χ1) is 29.3. The number of amides is 2. The highest BCUT2D eigenvalue weighted by atomic mass is 16.5. The van der Waals surface area contributed by atoms with E-state index in [4.69, 9.17) is 14.5 Å². The highest BCUT2D eigenvalue weighted by molar-refractivity contribution is 5.83. The molecule has 2 aromatic heterocycles. The van der Waals surface area contributed by atoms with Crippen LogP contribution in [0, 0.1) is 0 Å². The van der Waals surface area contributed by atoms with Crippen LogP contribution < -0.4 is 20.5 Å². The number of alkyl carbamates (subject to hydrolysis) is 1. The lowest BCUT2D eigenvalue weighted by molar-refractivity contribution is -0.144. The summed E-state index contributed by atoms with van der Waals surface area (Å²) in [6, 6.07) is 42.5. The van der Waals surface area contributed by atoms with Gasteiger partial charge in [0.25, 0.3) is 5.56 Å². The number of aliphatic carboxylic acids is 1. The van der Waals surface area contributed by atoms with Crippen LogP contribution in [0.2, 0.25) is 0 Å². The van der Waals surface area contributed by atoms with Crippen LogP contribution in [0.4, 0.5) is 16.4 Å². The zero-order chi connectivity index (χ0) is 41.6. The maximum Gasteiger partial charge on any atom is 0.407 e. The van der Waals surface area contributed by atoms with Gasteiger partial charge in [0.2, 0.25) is 11.9 Å². The number of carbonyl (C=O) groups excluding carboxylic acids is 2. The topological polar surface area (TPSA) is 172 Å². The van der Waals surface area contributed by atoms with Gasteiger partial charge in [-0.25, -0.2) is 9.78 Å². The number of nitrogens with one attached hydrogen (secondary N) is 2. The Morgan fingerprint density at radius 2 is 1.43 bits per heavy atom. The number of fused-ring (bicyclic) bond motifs is 4. The van der Waals surface area contributed by atoms with E-state index in [2.05, 4.69) is 15.3 Å². The predicted octanol–water partition coefficient (Wildman–Crippen LogP) is 6.51. The summed E-state index contributed by atoms with van der Waals surface area (Å²) in [4.78, 5) is 67.4. The number of anilines is 2. The first-order valence-corrected chi connectivity index (χ1v) is 19.4. The van der Waals surface area contributed by atoms with Crippen LogP contribution >= 0.6 is 0 Å². The van der Waals surface area contributed by atoms with Crippen LogP contribution in [0.25, 0.3) is 22.3 Å². The van der Waals surface area contributed by atoms with Crippen molar-refractivity contribution >= 4 is 40.8 Å². The van der Waals surface area contributed by atoms with Gasteiger partial charge in [0, 0.05) is 24.7 Å². The Morgan fingerprint density at radius 1 is 0.833 bits per heavy atom. The number of H-pyrrole nitrogens is 1. The van der Waals surface area contributed by atoms with Crippen LogP contribution in [0.1, 0.15) is 34.2 Å². The Balaban J connectivity index is 1.02. The van der Waals surface area contributed by atoms with E-state index in [0.717, 1.165) is 38.3 Å². The average molecular weight is 804 g/mol. The van der Waals surface area contributed by atoms with Gasteiger partial charge in [-0.05, 0) is 57.6 Å². The number of nitrogens with zero attached hydrogens (tertiary/aromatic N) is 5. The Kier molecular flexibility index (Phi) is 11.3. The molecule has 2 amide bonds. The number of ether oxygens (including phenoxy) is 2. The van der Waals surface area contributed by atoms with Gasteiger partial charge in [-0.15, -0.1) is 0 Å². The summed E-state index contributed by atoms with van der Waals surface area (Å²) in [5.74, 6) is -1.14. The van der Waals surface area contributed by atoms with Gasteiger partial charge in [0.05, 0.1) is 19.5 Å². The van der Waals surface area contributed by atoms with Crippen molar-refractivity contribution in [3.63, 3.8) is 0 Å². The lowest BCUT2D eigenvalue weighted by Crippen LogP contribution is -2.42. The van der Waals surface area contributed by atoms with Gasteiger partial charge >= 0.3 is 12.1 Å². The van der Waals surface area contributed by atoms with Gasteiger partial charge in [0.15, 0.2) is 11.2 Å². The molecule has 5 aromatic carbocycles. The minimum atomic E-state index is -1.24. The second-order valence-corrected chi connectivity index (χ2v) is 14.2. The van der Waals surface area contributed by atoms with E-state index in [1.54, 1.807) is 7.11 Å². The fourth-order valence-corrected chi connectivity index (χ4v) is 7.71. The molecule has 14 heteroatoms. The third-order valence-corrected chi connectivity index (χ3v) is 10.5. The zero-order valence-corrected chi connectivity index (χ0v) is 32.6. The summed E-state index contributed by atoms with van der Waals surface area (Å²) in [5.41, 5.74) is 6.45. The molecular weight excluding hydrogens is 763 g/mol. The van der Waals surface area contributed by atoms with Crippen molar-refractivity contribution in [1.29, 1.82) is 0 Å². The van der Waals surface area contributed by atoms with Gasteiger partial charge < -0.3 is 34.3 Å². The summed E-state index contributed by atoms with van der Waals surface area (Å²) < 4.78 is 12.5. The molecular formula is C46H41N7O7. The van der Waals surface area contributed by atoms with Gasteiger partial charge in [-0.2, -0.15) is 4.98 Å². The summed E-state index contributed by atoms with van der Waals surface area (Å²) in [5, 5.41) is 12.4. The lowest BCUT2D eigenvalue weighted by Gasteiger charge is -2.33. The highest BCUT2D eigenvalue weighted by Gasteiger charge is 2.30. The third kappa shape index (κ3) is 8.16. The zero-order valence-electron chi connectivity index (χ0n) is 32.6. The molecule has 0 spiro atoms. The molecule has 0 radical (unpaired) electrons. The number of carbonyl (C=O) groups is 3. The van der Waals surface area contributed by atoms with Crippen molar-refractivity contribution in [2.45, 2.75) is 18.5 Å². The van der Waals surface area contributed by atoms with Crippen molar-refractivity contribution in [3.05, 3.63) is 172 Å². The summed E-state index contributed by atoms with van der Waals surface area (Å²) in [6.07, 6.45) is 0.633. The molecule has 0 saturated heterocycles. The largest absolute Gasteiger partial charge is 0.497 e. The number of methoxy groups -OCH3 is 1. The van der Waals surface area contributed by atoms with Crippen molar-refractivity contribution in [2.24, 2.45) is 0 Å². The molecule has 3 N–H and O–H groups in total. The third-order valence-electron chi connectivity index (χ3n) is 10.5. The van der Waals surface area contributed by atoms with Crippen LogP contribution in [0.5, 0.6) is 5.75 Å². The van der Waals surface area contributed by atoms with E-state index in [9.17, 15) is 24.3 Å². The van der Waals surface area contributed by atoms with Gasteiger partial charge in [0.1, 0.15) is 25.4 Å². The molecule has 302 valence electrons. The fourth-order valence-electron chi connectivity index (χ4n) is 7.71. The molecule has 0 unspecified atom stereocenters. The number of imidazole rings is 1. The normalized spacial score (nSPS) is 11.8. The summed E-state index contributed by atoms with van der Waals surface area (Å²) in [6.45, 7) is -1.10. The van der Waals surface area contributed by atoms with E-state index in [1.165, 1.54) is 10.9 Å². The standard InChI is InChI=1S/C46H41N7O7/c1-59-33-22-20-32(21-23-33)53(42(30-12-4-2-5-13-30)31-14-6-3-7-15-31)45-49-43-41(44(57)50-45)48-29-52(43)26-39(54)51(27-40(55)56)25-24-47-46(58)60-28-38-36-18-10-8-16-34(36)35-17-9-11-19-37(35)38/h2-23,29,38,42H,24-28H2,1H3,(H,47,58)(H,55,56)(H,49,50,57). The maximum absolute atomic E-state index is 13.8. The molecule has 0 aliphatic heterocycles. The van der Waals surface area contributed by atoms with E-state index in [0.29, 0.717) is 11.4 Å². The number of aromatic nitrogens is 4. The summed E-state index contributed by atoms with van der Waals surface area (Å²) in [7, 11) is 1.58. The SMILES string of the molecule is COc1ccc(N(c2nc3c(ncn3CC(=O)N(CCNC(=O)OCC3c4ccccc4-c4ccccc43)CC(=O)O)c(=O)[nH]2)C(c2ccccc2)c2ccccc2)cc1. The van der Waals surface area contributed by atoms with Crippen LogP contribution in [0.3, 0.4) is 0 Å². The minimum Gasteiger partial charge on any atom is -0.497 e. The number of hydrogen-bond donors (Lipinski definition) is 3. The molecule has 0 bridgehead atoms. The first kappa shape index (κ1) is 39.1. The van der Waals surface area contributed by atoms with Crippen molar-refractivity contribution in [3.8, 4) is 16.9 Å². The van der Waals surface area contributed by atoms with Crippen molar-refractivity contribution in [2.75, 3.05) is 38.3 Å². The number of rotatable bonds is 15. The molecule has 1 aliphatic rings. The number of benzene rings is 5. The molecule has 60 heavy (non-hydrogen) atoms. The summed E-state index contributed by atoms with van der Waals surface area (Å²) >= 11 is 0. The Labute approximate surface area is 344 Å². The van der Waals surface area contributed by atoms with Crippen LogP contribution in [-0.4, -0.2) is 80.8 Å². The quantitative estimate of drug-likeness (QED) is 0.104. The van der Waals surface area contributed by atoms with Crippen LogP contribution in [0.15, 0.2) is 145 Å². The molecule has 14 nitrogen and oxygen atoms in total. The molecule has 0 saturated carbocycles. The molecule has 8 rings (SSSR count). The second-order valence-electron chi connectivity index (χ2n) is 14.2. The molecule has 1 aliphatic carbocycles. The predicted molar refractivity (Wildman–Crippen MR) is 225 cm³/mol. The van der Waals surface area contributed by atoms with Crippen LogP contribution in [-0.2, 0) is 20.9 Å². The fraction of sp³-hybridized carbons (Fsp3) is 0.174. The number of hydrogen-bond acceptors (Lipinski definition) is 9.